The predicted molar refractivity (Wildman–Crippen MR) is 102 cm³/mol. The lowest BCUT2D eigenvalue weighted by atomic mass is 10.2. The third-order valence-electron chi connectivity index (χ3n) is 3.42. The highest BCUT2D eigenvalue weighted by Crippen LogP contribution is 2.17. The van der Waals surface area contributed by atoms with Gasteiger partial charge in [-0.3, -0.25) is 4.98 Å². The molecule has 2 aromatic carbocycles. The van der Waals surface area contributed by atoms with Crippen molar-refractivity contribution in [3.05, 3.63) is 89.2 Å². The van der Waals surface area contributed by atoms with Gasteiger partial charge in [-0.25, -0.2) is 4.79 Å². The SMILES string of the molecule is O=C(COc1ccc(Cl)cc1)Oc1ccc(C=Cc2ccccn2)cc1. The van der Waals surface area contributed by atoms with Gasteiger partial charge in [-0.2, -0.15) is 0 Å². The molecule has 0 saturated carbocycles. The summed E-state index contributed by atoms with van der Waals surface area (Å²) in [4.78, 5) is 16.1. The van der Waals surface area contributed by atoms with Crippen LogP contribution in [-0.4, -0.2) is 17.6 Å². The van der Waals surface area contributed by atoms with Crippen LogP contribution in [0.2, 0.25) is 5.02 Å². The fourth-order valence-electron chi connectivity index (χ4n) is 2.14. The van der Waals surface area contributed by atoms with Crippen molar-refractivity contribution in [2.75, 3.05) is 6.61 Å². The Morgan fingerprint density at radius 3 is 2.35 bits per heavy atom. The lowest BCUT2D eigenvalue weighted by Crippen LogP contribution is -2.17. The lowest BCUT2D eigenvalue weighted by Gasteiger charge is -2.07. The first-order valence-corrected chi connectivity index (χ1v) is 8.35. The molecule has 0 aliphatic rings. The molecule has 130 valence electrons. The fourth-order valence-corrected chi connectivity index (χ4v) is 2.26. The number of ether oxygens (including phenoxy) is 2. The van der Waals surface area contributed by atoms with Crippen molar-refractivity contribution in [1.82, 2.24) is 4.98 Å². The molecule has 0 spiro atoms. The van der Waals surface area contributed by atoms with Crippen LogP contribution in [0.15, 0.2) is 72.9 Å². The molecule has 0 atom stereocenters. The van der Waals surface area contributed by atoms with Gasteiger partial charge >= 0.3 is 5.97 Å². The highest BCUT2D eigenvalue weighted by Gasteiger charge is 2.06. The minimum Gasteiger partial charge on any atom is -0.482 e. The summed E-state index contributed by atoms with van der Waals surface area (Å²) in [5, 5.41) is 0.608. The fraction of sp³-hybridized carbons (Fsp3) is 0.0476. The van der Waals surface area contributed by atoms with Gasteiger partial charge in [0.1, 0.15) is 11.5 Å². The van der Waals surface area contributed by atoms with E-state index in [-0.39, 0.29) is 6.61 Å². The Morgan fingerprint density at radius 1 is 0.923 bits per heavy atom. The van der Waals surface area contributed by atoms with E-state index in [9.17, 15) is 4.79 Å². The van der Waals surface area contributed by atoms with Gasteiger partial charge in [0.15, 0.2) is 6.61 Å². The first kappa shape index (κ1) is 17.7. The number of hydrogen-bond acceptors (Lipinski definition) is 4. The molecule has 0 unspecified atom stereocenters. The number of nitrogens with zero attached hydrogens (tertiary/aromatic N) is 1. The number of benzene rings is 2. The summed E-state index contributed by atoms with van der Waals surface area (Å²) in [5.41, 5.74) is 1.86. The molecule has 5 heteroatoms. The number of carbonyl (C=O) groups excluding carboxylic acids is 1. The minimum atomic E-state index is -0.475. The molecule has 3 rings (SSSR count). The Morgan fingerprint density at radius 2 is 1.65 bits per heavy atom. The van der Waals surface area contributed by atoms with Crippen LogP contribution in [0.4, 0.5) is 0 Å². The average molecular weight is 366 g/mol. The first-order chi connectivity index (χ1) is 12.7. The standard InChI is InChI=1S/C21H16ClNO3/c22-17-7-12-19(13-8-17)25-15-21(24)26-20-10-5-16(6-11-20)4-9-18-3-1-2-14-23-18/h1-14H,15H2. The van der Waals surface area contributed by atoms with Gasteiger partial charge in [0.2, 0.25) is 0 Å². The molecule has 0 aliphatic carbocycles. The summed E-state index contributed by atoms with van der Waals surface area (Å²) in [6.45, 7) is -0.178. The number of rotatable bonds is 6. The zero-order valence-electron chi connectivity index (χ0n) is 13.8. The Labute approximate surface area is 156 Å². The maximum Gasteiger partial charge on any atom is 0.349 e. The molecule has 1 heterocycles. The van der Waals surface area contributed by atoms with Crippen LogP contribution in [0.25, 0.3) is 12.2 Å². The van der Waals surface area contributed by atoms with Crippen LogP contribution in [0.5, 0.6) is 11.5 Å². The lowest BCUT2D eigenvalue weighted by molar-refractivity contribution is -0.136. The van der Waals surface area contributed by atoms with E-state index in [1.807, 2.05) is 42.5 Å². The molecule has 4 nitrogen and oxygen atoms in total. The van der Waals surface area contributed by atoms with Gasteiger partial charge < -0.3 is 9.47 Å². The molecule has 0 N–H and O–H groups in total. The summed E-state index contributed by atoms with van der Waals surface area (Å²) < 4.78 is 10.6. The highest BCUT2D eigenvalue weighted by atomic mass is 35.5. The van der Waals surface area contributed by atoms with Crippen LogP contribution in [0, 0.1) is 0 Å². The van der Waals surface area contributed by atoms with Gasteiger partial charge in [0, 0.05) is 11.2 Å². The second-order valence-corrected chi connectivity index (χ2v) is 5.81. The summed E-state index contributed by atoms with van der Waals surface area (Å²) in [5.74, 6) is 0.544. The molecule has 0 bridgehead atoms. The van der Waals surface area contributed by atoms with E-state index in [4.69, 9.17) is 21.1 Å². The second-order valence-electron chi connectivity index (χ2n) is 5.37. The summed E-state index contributed by atoms with van der Waals surface area (Å²) in [6, 6.07) is 19.7. The quantitative estimate of drug-likeness (QED) is 0.461. The van der Waals surface area contributed by atoms with Crippen LogP contribution in [0.3, 0.4) is 0 Å². The van der Waals surface area contributed by atoms with Crippen molar-refractivity contribution in [2.45, 2.75) is 0 Å². The Balaban J connectivity index is 1.51. The summed E-state index contributed by atoms with van der Waals surface area (Å²) >= 11 is 5.80. The average Bonchev–Trinajstić information content (AvgIpc) is 2.68. The minimum absolute atomic E-state index is 0.178. The normalized spacial score (nSPS) is 10.7. The number of carbonyl (C=O) groups is 1. The third kappa shape index (κ3) is 5.46. The van der Waals surface area contributed by atoms with Gasteiger partial charge in [0.25, 0.3) is 0 Å². The topological polar surface area (TPSA) is 48.4 Å². The number of hydrogen-bond donors (Lipinski definition) is 0. The van der Waals surface area contributed by atoms with Crippen LogP contribution < -0.4 is 9.47 Å². The molecule has 0 fully saturated rings. The highest BCUT2D eigenvalue weighted by molar-refractivity contribution is 6.30. The molecular formula is C21H16ClNO3. The van der Waals surface area contributed by atoms with Crippen LogP contribution in [-0.2, 0) is 4.79 Å². The van der Waals surface area contributed by atoms with Gasteiger partial charge in [-0.05, 0) is 60.2 Å². The Hall–Kier alpha value is -3.11. The van der Waals surface area contributed by atoms with Crippen LogP contribution >= 0.6 is 11.6 Å². The number of esters is 1. The Bertz CT molecular complexity index is 875. The third-order valence-corrected chi connectivity index (χ3v) is 3.67. The molecule has 1 aromatic heterocycles. The summed E-state index contributed by atoms with van der Waals surface area (Å²) in [7, 11) is 0. The first-order valence-electron chi connectivity index (χ1n) is 7.97. The molecule has 0 radical (unpaired) electrons. The maximum atomic E-state index is 11.9. The van der Waals surface area contributed by atoms with Gasteiger partial charge in [0.05, 0.1) is 5.69 Å². The molecule has 3 aromatic rings. The second kappa shape index (κ2) is 8.83. The van der Waals surface area contributed by atoms with E-state index in [2.05, 4.69) is 4.98 Å². The van der Waals surface area contributed by atoms with Crippen molar-refractivity contribution in [3.8, 4) is 11.5 Å². The van der Waals surface area contributed by atoms with Crippen molar-refractivity contribution in [1.29, 1.82) is 0 Å². The molecule has 26 heavy (non-hydrogen) atoms. The molecular weight excluding hydrogens is 350 g/mol. The number of aromatic nitrogens is 1. The van der Waals surface area contributed by atoms with E-state index < -0.39 is 5.97 Å². The molecule has 0 saturated heterocycles. The van der Waals surface area contributed by atoms with E-state index in [0.29, 0.717) is 16.5 Å². The summed E-state index contributed by atoms with van der Waals surface area (Å²) in [6.07, 6.45) is 5.60. The van der Waals surface area contributed by atoms with E-state index >= 15 is 0 Å². The number of halogens is 1. The zero-order valence-corrected chi connectivity index (χ0v) is 14.6. The predicted octanol–water partition coefficient (Wildman–Crippen LogP) is 4.89. The zero-order chi connectivity index (χ0) is 18.2. The Kier molecular flexibility index (Phi) is 6.01. The maximum absolute atomic E-state index is 11.9. The van der Waals surface area contributed by atoms with Gasteiger partial charge in [-0.15, -0.1) is 0 Å². The molecule has 0 aliphatic heterocycles. The van der Waals surface area contributed by atoms with Crippen molar-refractivity contribution >= 4 is 29.7 Å². The monoisotopic (exact) mass is 365 g/mol. The van der Waals surface area contributed by atoms with Crippen LogP contribution in [0.1, 0.15) is 11.3 Å². The van der Waals surface area contributed by atoms with Crippen molar-refractivity contribution in [2.24, 2.45) is 0 Å². The van der Waals surface area contributed by atoms with E-state index in [0.717, 1.165) is 11.3 Å². The number of pyridine rings is 1. The van der Waals surface area contributed by atoms with Crippen molar-refractivity contribution in [3.63, 3.8) is 0 Å². The largest absolute Gasteiger partial charge is 0.482 e. The smallest absolute Gasteiger partial charge is 0.349 e. The van der Waals surface area contributed by atoms with E-state index in [1.165, 1.54) is 0 Å². The van der Waals surface area contributed by atoms with E-state index in [1.54, 1.807) is 42.6 Å². The van der Waals surface area contributed by atoms with Crippen molar-refractivity contribution < 1.29 is 14.3 Å². The molecule has 0 amide bonds. The van der Waals surface area contributed by atoms with Gasteiger partial charge in [-0.1, -0.05) is 35.9 Å².